The first-order valence-corrected chi connectivity index (χ1v) is 7.84. The van der Waals surface area contributed by atoms with Gasteiger partial charge in [-0.25, -0.2) is 4.79 Å². The van der Waals surface area contributed by atoms with Crippen LogP contribution < -0.4 is 10.6 Å². The molecule has 2 atom stereocenters. The van der Waals surface area contributed by atoms with Crippen molar-refractivity contribution < 1.29 is 22.8 Å². The summed E-state index contributed by atoms with van der Waals surface area (Å²) >= 11 is 0. The van der Waals surface area contributed by atoms with Gasteiger partial charge >= 0.3 is 12.2 Å². The number of alkyl halides is 3. The predicted octanol–water partition coefficient (Wildman–Crippen LogP) is 2.66. The fraction of sp³-hybridized carbons (Fsp3) is 0.867. The van der Waals surface area contributed by atoms with Crippen LogP contribution in [-0.4, -0.2) is 48.2 Å². The molecule has 2 N–H and O–H groups in total. The van der Waals surface area contributed by atoms with Gasteiger partial charge in [-0.2, -0.15) is 13.2 Å². The molecule has 1 aliphatic rings. The van der Waals surface area contributed by atoms with Gasteiger partial charge in [-0.3, -0.25) is 4.79 Å². The Morgan fingerprint density at radius 2 is 1.87 bits per heavy atom. The van der Waals surface area contributed by atoms with Crippen LogP contribution in [0, 0.1) is 5.41 Å². The third-order valence-corrected chi connectivity index (χ3v) is 3.70. The fourth-order valence-corrected chi connectivity index (χ4v) is 2.57. The minimum absolute atomic E-state index is 0.0180. The van der Waals surface area contributed by atoms with Gasteiger partial charge in [0.2, 0.25) is 5.91 Å². The summed E-state index contributed by atoms with van der Waals surface area (Å²) < 4.78 is 39.1. The first kappa shape index (κ1) is 19.6. The van der Waals surface area contributed by atoms with Gasteiger partial charge in [0.05, 0.1) is 0 Å². The molecule has 1 aliphatic heterocycles. The van der Waals surface area contributed by atoms with Gasteiger partial charge in [0.25, 0.3) is 0 Å². The molecule has 1 heterocycles. The third-order valence-electron chi connectivity index (χ3n) is 3.70. The molecule has 0 unspecified atom stereocenters. The average molecular weight is 337 g/mol. The SMILES string of the molecule is CCC(=O)N1CC[C@H](NC(=O)N[C@@H](CC(C)(C)C)C(F)(F)F)C1. The zero-order valence-electron chi connectivity index (χ0n) is 14.1. The van der Waals surface area contributed by atoms with E-state index in [0.29, 0.717) is 25.9 Å². The standard InChI is InChI=1S/C15H26F3N3O2/c1-5-12(22)21-7-6-10(9-21)19-13(23)20-11(15(16,17)18)8-14(2,3)4/h10-11H,5-9H2,1-4H3,(H2,19,20,23)/t10-,11-/m0/s1. The Labute approximate surface area is 135 Å². The van der Waals surface area contributed by atoms with Gasteiger partial charge in [-0.15, -0.1) is 0 Å². The molecule has 23 heavy (non-hydrogen) atoms. The van der Waals surface area contributed by atoms with Crippen molar-refractivity contribution in [2.45, 2.75) is 65.2 Å². The van der Waals surface area contributed by atoms with E-state index in [2.05, 4.69) is 5.32 Å². The van der Waals surface area contributed by atoms with Crippen LogP contribution in [0.1, 0.15) is 47.0 Å². The third kappa shape index (κ3) is 6.66. The molecule has 134 valence electrons. The van der Waals surface area contributed by atoms with E-state index in [-0.39, 0.29) is 18.4 Å². The van der Waals surface area contributed by atoms with Crippen molar-refractivity contribution in [1.82, 2.24) is 15.5 Å². The smallest absolute Gasteiger partial charge is 0.341 e. The number of nitrogens with one attached hydrogen (secondary N) is 2. The van der Waals surface area contributed by atoms with Crippen LogP contribution in [0.3, 0.4) is 0 Å². The van der Waals surface area contributed by atoms with Crippen molar-refractivity contribution in [2.24, 2.45) is 5.41 Å². The highest BCUT2D eigenvalue weighted by molar-refractivity contribution is 5.77. The first-order chi connectivity index (χ1) is 10.4. The Kier molecular flexibility index (Phi) is 6.30. The molecule has 0 aromatic carbocycles. The second-order valence-electron chi connectivity index (χ2n) is 7.16. The summed E-state index contributed by atoms with van der Waals surface area (Å²) in [5, 5.41) is 4.55. The molecular formula is C15H26F3N3O2. The van der Waals surface area contributed by atoms with Crippen molar-refractivity contribution in [3.8, 4) is 0 Å². The molecule has 0 aromatic heterocycles. The van der Waals surface area contributed by atoms with Crippen molar-refractivity contribution in [3.63, 3.8) is 0 Å². The summed E-state index contributed by atoms with van der Waals surface area (Å²) in [6, 6.07) is -3.04. The number of amides is 3. The van der Waals surface area contributed by atoms with Gasteiger partial charge in [0, 0.05) is 25.6 Å². The molecule has 0 spiro atoms. The lowest BCUT2D eigenvalue weighted by molar-refractivity contribution is -0.159. The van der Waals surface area contributed by atoms with Crippen LogP contribution >= 0.6 is 0 Å². The van der Waals surface area contributed by atoms with Crippen LogP contribution in [0.5, 0.6) is 0 Å². The number of likely N-dealkylation sites (tertiary alicyclic amines) is 1. The number of rotatable bonds is 4. The number of carbonyl (C=O) groups is 2. The molecule has 8 heteroatoms. The van der Waals surface area contributed by atoms with Crippen LogP contribution in [0.25, 0.3) is 0 Å². The second-order valence-corrected chi connectivity index (χ2v) is 7.16. The molecule has 1 rings (SSSR count). The minimum atomic E-state index is -4.50. The highest BCUT2D eigenvalue weighted by Gasteiger charge is 2.43. The molecule has 0 radical (unpaired) electrons. The zero-order chi connectivity index (χ0) is 17.8. The lowest BCUT2D eigenvalue weighted by Crippen LogP contribution is -2.53. The number of carbonyl (C=O) groups excluding carboxylic acids is 2. The van der Waals surface area contributed by atoms with Crippen LogP contribution in [0.15, 0.2) is 0 Å². The number of hydrogen-bond acceptors (Lipinski definition) is 2. The summed E-state index contributed by atoms with van der Waals surface area (Å²) in [5.41, 5.74) is -0.564. The first-order valence-electron chi connectivity index (χ1n) is 7.84. The molecule has 3 amide bonds. The highest BCUT2D eigenvalue weighted by Crippen LogP contribution is 2.30. The summed E-state index contributed by atoms with van der Waals surface area (Å²) in [6.07, 6.45) is -3.77. The van der Waals surface area contributed by atoms with E-state index in [1.807, 2.05) is 5.32 Å². The molecular weight excluding hydrogens is 311 g/mol. The largest absolute Gasteiger partial charge is 0.408 e. The van der Waals surface area contributed by atoms with Gasteiger partial charge in [-0.1, -0.05) is 27.7 Å². The Balaban J connectivity index is 2.55. The lowest BCUT2D eigenvalue weighted by Gasteiger charge is -2.29. The second kappa shape index (κ2) is 7.40. The molecule has 0 saturated carbocycles. The molecule has 0 aromatic rings. The molecule has 0 bridgehead atoms. The summed E-state index contributed by atoms with van der Waals surface area (Å²) in [6.45, 7) is 7.68. The van der Waals surface area contributed by atoms with Crippen molar-refractivity contribution >= 4 is 11.9 Å². The average Bonchev–Trinajstić information content (AvgIpc) is 2.82. The van der Waals surface area contributed by atoms with E-state index in [0.717, 1.165) is 0 Å². The van der Waals surface area contributed by atoms with Crippen LogP contribution in [0.4, 0.5) is 18.0 Å². The Morgan fingerprint density at radius 3 is 2.35 bits per heavy atom. The van der Waals surface area contributed by atoms with Crippen molar-refractivity contribution in [3.05, 3.63) is 0 Å². The maximum atomic E-state index is 13.0. The number of urea groups is 1. The van der Waals surface area contributed by atoms with Gasteiger partial charge in [0.15, 0.2) is 0 Å². The van der Waals surface area contributed by atoms with Gasteiger partial charge in [-0.05, 0) is 18.3 Å². The minimum Gasteiger partial charge on any atom is -0.341 e. The van der Waals surface area contributed by atoms with E-state index in [9.17, 15) is 22.8 Å². The topological polar surface area (TPSA) is 61.4 Å². The summed E-state index contributed by atoms with van der Waals surface area (Å²) in [4.78, 5) is 25.0. The van der Waals surface area contributed by atoms with E-state index in [1.54, 1.807) is 32.6 Å². The normalized spacial score (nSPS) is 20.3. The number of halogens is 3. The zero-order valence-corrected chi connectivity index (χ0v) is 14.1. The molecule has 0 aliphatic carbocycles. The van der Waals surface area contributed by atoms with Crippen LogP contribution in [0.2, 0.25) is 0 Å². The molecule has 1 saturated heterocycles. The van der Waals surface area contributed by atoms with E-state index in [4.69, 9.17) is 0 Å². The number of hydrogen-bond donors (Lipinski definition) is 2. The highest BCUT2D eigenvalue weighted by atomic mass is 19.4. The fourth-order valence-electron chi connectivity index (χ4n) is 2.57. The predicted molar refractivity (Wildman–Crippen MR) is 80.9 cm³/mol. The lowest BCUT2D eigenvalue weighted by atomic mass is 9.88. The maximum absolute atomic E-state index is 13.0. The monoisotopic (exact) mass is 337 g/mol. The van der Waals surface area contributed by atoms with Crippen molar-refractivity contribution in [1.29, 1.82) is 0 Å². The Hall–Kier alpha value is -1.47. The number of nitrogens with zero attached hydrogens (tertiary/aromatic N) is 1. The van der Waals surface area contributed by atoms with Crippen molar-refractivity contribution in [2.75, 3.05) is 13.1 Å². The van der Waals surface area contributed by atoms with Crippen LogP contribution in [-0.2, 0) is 4.79 Å². The van der Waals surface area contributed by atoms with E-state index >= 15 is 0 Å². The van der Waals surface area contributed by atoms with Gasteiger partial charge in [0.1, 0.15) is 6.04 Å². The Bertz CT molecular complexity index is 433. The summed E-state index contributed by atoms with van der Waals surface area (Å²) in [7, 11) is 0. The molecule has 5 nitrogen and oxygen atoms in total. The summed E-state index contributed by atoms with van der Waals surface area (Å²) in [5.74, 6) is -0.0180. The quantitative estimate of drug-likeness (QED) is 0.828. The molecule has 1 fully saturated rings. The van der Waals surface area contributed by atoms with Gasteiger partial charge < -0.3 is 15.5 Å². The van der Waals surface area contributed by atoms with E-state index in [1.165, 1.54) is 0 Å². The van der Waals surface area contributed by atoms with E-state index < -0.39 is 23.7 Å². The maximum Gasteiger partial charge on any atom is 0.408 e. The Morgan fingerprint density at radius 1 is 1.26 bits per heavy atom.